The van der Waals surface area contributed by atoms with Gasteiger partial charge in [-0.25, -0.2) is 0 Å². The van der Waals surface area contributed by atoms with Crippen LogP contribution in [0.1, 0.15) is 37.8 Å². The van der Waals surface area contributed by atoms with Gasteiger partial charge in [0.15, 0.2) is 0 Å². The minimum absolute atomic E-state index is 0.0521. The summed E-state index contributed by atoms with van der Waals surface area (Å²) in [5, 5.41) is 6.22. The highest BCUT2D eigenvalue weighted by molar-refractivity contribution is 9.10. The predicted octanol–water partition coefficient (Wildman–Crippen LogP) is 2.78. The molecule has 5 heteroatoms. The molecule has 1 aromatic carbocycles. The molecule has 21 heavy (non-hydrogen) atoms. The van der Waals surface area contributed by atoms with Crippen molar-refractivity contribution in [2.45, 2.75) is 45.7 Å². The predicted molar refractivity (Wildman–Crippen MR) is 87.6 cm³/mol. The summed E-state index contributed by atoms with van der Waals surface area (Å²) in [5.74, 6) is 1.03. The van der Waals surface area contributed by atoms with E-state index in [2.05, 4.69) is 52.5 Å². The zero-order chi connectivity index (χ0) is 15.2. The van der Waals surface area contributed by atoms with Crippen LogP contribution < -0.4 is 15.4 Å². The maximum Gasteiger partial charge on any atom is 0.234 e. The molecule has 0 fully saturated rings. The third-order valence-corrected chi connectivity index (χ3v) is 4.23. The second kappa shape index (κ2) is 7.80. The summed E-state index contributed by atoms with van der Waals surface area (Å²) >= 11 is 3.53. The Bertz CT molecular complexity index is 501. The van der Waals surface area contributed by atoms with Crippen molar-refractivity contribution in [1.82, 2.24) is 10.6 Å². The Morgan fingerprint density at radius 3 is 2.86 bits per heavy atom. The summed E-state index contributed by atoms with van der Waals surface area (Å²) < 4.78 is 6.74. The number of fused-ring (bicyclic) bond motifs is 1. The molecular weight excluding hydrogens is 332 g/mol. The lowest BCUT2D eigenvalue weighted by Gasteiger charge is -2.15. The Balaban J connectivity index is 1.85. The third kappa shape index (κ3) is 4.45. The van der Waals surface area contributed by atoms with Crippen LogP contribution in [0.2, 0.25) is 0 Å². The molecule has 1 amide bonds. The van der Waals surface area contributed by atoms with E-state index in [0.717, 1.165) is 41.7 Å². The topological polar surface area (TPSA) is 50.4 Å². The molecule has 0 aliphatic carbocycles. The van der Waals surface area contributed by atoms with Gasteiger partial charge in [-0.15, -0.1) is 0 Å². The van der Waals surface area contributed by atoms with E-state index in [9.17, 15) is 4.79 Å². The number of carbonyl (C=O) groups is 1. The fourth-order valence-electron chi connectivity index (χ4n) is 2.56. The van der Waals surface area contributed by atoms with Crippen LogP contribution in [-0.4, -0.2) is 25.1 Å². The Morgan fingerprint density at radius 2 is 2.14 bits per heavy atom. The number of halogens is 1. The lowest BCUT2D eigenvalue weighted by Crippen LogP contribution is -2.39. The van der Waals surface area contributed by atoms with Gasteiger partial charge in [0, 0.05) is 29.0 Å². The molecule has 1 heterocycles. The molecule has 1 aliphatic heterocycles. The van der Waals surface area contributed by atoms with Crippen LogP contribution in [0.15, 0.2) is 16.6 Å². The van der Waals surface area contributed by atoms with E-state index in [1.807, 2.05) is 0 Å². The smallest absolute Gasteiger partial charge is 0.234 e. The molecule has 0 spiro atoms. The summed E-state index contributed by atoms with van der Waals surface area (Å²) in [4.78, 5) is 11.8. The highest BCUT2D eigenvalue weighted by Crippen LogP contribution is 2.32. The summed E-state index contributed by atoms with van der Waals surface area (Å²) in [6, 6.07) is 4.43. The van der Waals surface area contributed by atoms with E-state index >= 15 is 0 Å². The van der Waals surface area contributed by atoms with Gasteiger partial charge in [-0.3, -0.25) is 4.79 Å². The van der Waals surface area contributed by atoms with Crippen LogP contribution in [-0.2, 0) is 17.8 Å². The van der Waals surface area contributed by atoms with Gasteiger partial charge in [0.1, 0.15) is 5.75 Å². The van der Waals surface area contributed by atoms with Gasteiger partial charge in [0.2, 0.25) is 5.91 Å². The van der Waals surface area contributed by atoms with Crippen LogP contribution >= 0.6 is 15.9 Å². The molecule has 1 aliphatic rings. The van der Waals surface area contributed by atoms with Gasteiger partial charge < -0.3 is 15.4 Å². The molecule has 0 saturated heterocycles. The normalized spacial score (nSPS) is 13.1. The monoisotopic (exact) mass is 354 g/mol. The largest absolute Gasteiger partial charge is 0.493 e. The van der Waals surface area contributed by atoms with Crippen molar-refractivity contribution < 1.29 is 9.53 Å². The summed E-state index contributed by atoms with van der Waals surface area (Å²) in [5.41, 5.74) is 2.34. The quantitative estimate of drug-likeness (QED) is 0.791. The van der Waals surface area contributed by atoms with E-state index < -0.39 is 0 Å². The molecule has 0 aromatic heterocycles. The molecule has 0 bridgehead atoms. The molecule has 0 unspecified atom stereocenters. The minimum atomic E-state index is 0.0521. The Kier molecular flexibility index (Phi) is 6.06. The number of carbonyl (C=O) groups excluding carboxylic acids is 1. The number of amides is 1. The second-order valence-electron chi connectivity index (χ2n) is 5.34. The molecule has 2 rings (SSSR count). The van der Waals surface area contributed by atoms with Crippen molar-refractivity contribution in [3.8, 4) is 5.75 Å². The maximum atomic E-state index is 11.8. The summed E-state index contributed by atoms with van der Waals surface area (Å²) in [6.07, 6.45) is 2.89. The lowest BCUT2D eigenvalue weighted by atomic mass is 10.1. The number of ether oxygens (including phenoxy) is 1. The second-order valence-corrected chi connectivity index (χ2v) is 6.25. The standard InChI is InChI=1S/C16H23BrN2O2/c1-3-14(4-2)19-15(20)10-18-9-12-8-13(17)7-11-5-6-21-16(11)12/h7-8,14,18H,3-6,9-10H2,1-2H3,(H,19,20). The number of hydrogen-bond donors (Lipinski definition) is 2. The average molecular weight is 355 g/mol. The van der Waals surface area contributed by atoms with Gasteiger partial charge in [-0.1, -0.05) is 29.8 Å². The van der Waals surface area contributed by atoms with Gasteiger partial charge >= 0.3 is 0 Å². The number of hydrogen-bond acceptors (Lipinski definition) is 3. The maximum absolute atomic E-state index is 11.8. The first kappa shape index (κ1) is 16.3. The molecule has 116 valence electrons. The fraction of sp³-hybridized carbons (Fsp3) is 0.562. The van der Waals surface area contributed by atoms with Crippen molar-refractivity contribution in [3.63, 3.8) is 0 Å². The van der Waals surface area contributed by atoms with Gasteiger partial charge in [0.25, 0.3) is 0 Å². The lowest BCUT2D eigenvalue weighted by molar-refractivity contribution is -0.121. The minimum Gasteiger partial charge on any atom is -0.493 e. The number of rotatable bonds is 7. The van der Waals surface area contributed by atoms with Gasteiger partial charge in [-0.05, 0) is 30.5 Å². The van der Waals surface area contributed by atoms with Crippen LogP contribution in [0.5, 0.6) is 5.75 Å². The molecule has 0 radical (unpaired) electrons. The number of nitrogens with one attached hydrogen (secondary N) is 2. The van der Waals surface area contributed by atoms with E-state index in [0.29, 0.717) is 13.1 Å². The Labute approximate surface area is 134 Å². The van der Waals surface area contributed by atoms with E-state index in [4.69, 9.17) is 4.74 Å². The zero-order valence-corrected chi connectivity index (χ0v) is 14.3. The number of benzene rings is 1. The molecular formula is C16H23BrN2O2. The van der Waals surface area contributed by atoms with Crippen LogP contribution in [0, 0.1) is 0 Å². The van der Waals surface area contributed by atoms with Crippen LogP contribution in [0.25, 0.3) is 0 Å². The summed E-state index contributed by atoms with van der Waals surface area (Å²) in [6.45, 7) is 5.89. The molecule has 0 saturated carbocycles. The Morgan fingerprint density at radius 1 is 1.38 bits per heavy atom. The zero-order valence-electron chi connectivity index (χ0n) is 12.7. The summed E-state index contributed by atoms with van der Waals surface area (Å²) in [7, 11) is 0. The third-order valence-electron chi connectivity index (χ3n) is 3.78. The van der Waals surface area contributed by atoms with Gasteiger partial charge in [-0.2, -0.15) is 0 Å². The van der Waals surface area contributed by atoms with E-state index in [-0.39, 0.29) is 11.9 Å². The molecule has 2 N–H and O–H groups in total. The van der Waals surface area contributed by atoms with E-state index in [1.54, 1.807) is 0 Å². The molecule has 4 nitrogen and oxygen atoms in total. The van der Waals surface area contributed by atoms with Gasteiger partial charge in [0.05, 0.1) is 13.2 Å². The average Bonchev–Trinajstić information content (AvgIpc) is 2.92. The van der Waals surface area contributed by atoms with Crippen molar-refractivity contribution in [3.05, 3.63) is 27.7 Å². The first-order valence-electron chi connectivity index (χ1n) is 7.58. The highest BCUT2D eigenvalue weighted by atomic mass is 79.9. The van der Waals surface area contributed by atoms with Crippen molar-refractivity contribution >= 4 is 21.8 Å². The van der Waals surface area contributed by atoms with Crippen molar-refractivity contribution in [1.29, 1.82) is 0 Å². The van der Waals surface area contributed by atoms with Crippen molar-refractivity contribution in [2.75, 3.05) is 13.2 Å². The highest BCUT2D eigenvalue weighted by Gasteiger charge is 2.17. The van der Waals surface area contributed by atoms with Crippen LogP contribution in [0.3, 0.4) is 0 Å². The first-order valence-corrected chi connectivity index (χ1v) is 8.37. The SMILES string of the molecule is CCC(CC)NC(=O)CNCc1cc(Br)cc2c1OCC2. The first-order chi connectivity index (χ1) is 10.1. The Hall–Kier alpha value is -1.07. The molecule has 1 aromatic rings. The van der Waals surface area contributed by atoms with Crippen molar-refractivity contribution in [2.24, 2.45) is 0 Å². The van der Waals surface area contributed by atoms with E-state index in [1.165, 1.54) is 5.56 Å². The van der Waals surface area contributed by atoms with Crippen LogP contribution in [0.4, 0.5) is 0 Å². The molecule has 0 atom stereocenters. The fourth-order valence-corrected chi connectivity index (χ4v) is 3.11.